The van der Waals surface area contributed by atoms with E-state index in [2.05, 4.69) is 24.1 Å². The number of benzene rings is 1. The highest BCUT2D eigenvalue weighted by Gasteiger charge is 2.22. The van der Waals surface area contributed by atoms with Gasteiger partial charge in [0.15, 0.2) is 5.65 Å². The van der Waals surface area contributed by atoms with E-state index >= 15 is 0 Å². The van der Waals surface area contributed by atoms with Crippen LogP contribution in [0.2, 0.25) is 0 Å². The van der Waals surface area contributed by atoms with Gasteiger partial charge >= 0.3 is 0 Å². The van der Waals surface area contributed by atoms with Gasteiger partial charge < -0.3 is 11.1 Å². The Hall–Kier alpha value is -2.54. The van der Waals surface area contributed by atoms with Gasteiger partial charge in [-0.25, -0.2) is 14.1 Å². The van der Waals surface area contributed by atoms with Gasteiger partial charge in [-0.1, -0.05) is 13.8 Å². The summed E-state index contributed by atoms with van der Waals surface area (Å²) in [6, 6.07) is 6.76. The normalized spacial score (nSPS) is 19.8. The Morgan fingerprint density at radius 2 is 1.90 bits per heavy atom. The van der Waals surface area contributed by atoms with Crippen molar-refractivity contribution in [3.8, 4) is 11.3 Å². The number of fused-ring (bicyclic) bond motifs is 1. The summed E-state index contributed by atoms with van der Waals surface area (Å²) in [5.41, 5.74) is 8.55. The van der Waals surface area contributed by atoms with Gasteiger partial charge in [-0.3, -0.25) is 0 Å². The fourth-order valence-corrected chi connectivity index (χ4v) is 3.90. The summed E-state index contributed by atoms with van der Waals surface area (Å²) in [6.45, 7) is 5.92. The smallest absolute Gasteiger partial charge is 0.224 e. The number of halogens is 1. The van der Waals surface area contributed by atoms with Crippen LogP contribution < -0.4 is 11.1 Å². The molecule has 1 fully saturated rings. The number of nitrogens with zero attached hydrogens (tertiary/aromatic N) is 4. The first-order chi connectivity index (χ1) is 14.0. The molecule has 2 aromatic heterocycles. The van der Waals surface area contributed by atoms with E-state index < -0.39 is 0 Å². The summed E-state index contributed by atoms with van der Waals surface area (Å²) in [6.07, 6.45) is 6.16. The highest BCUT2D eigenvalue weighted by atomic mass is 19.1. The van der Waals surface area contributed by atoms with Crippen molar-refractivity contribution in [1.82, 2.24) is 19.7 Å². The molecule has 0 radical (unpaired) electrons. The first-order valence-electron chi connectivity index (χ1n) is 10.5. The average Bonchev–Trinajstić information content (AvgIpc) is 3.06. The van der Waals surface area contributed by atoms with E-state index in [9.17, 15) is 4.39 Å². The molecule has 0 spiro atoms. The Kier molecular flexibility index (Phi) is 5.76. The van der Waals surface area contributed by atoms with E-state index in [1.54, 1.807) is 12.1 Å². The van der Waals surface area contributed by atoms with E-state index in [4.69, 9.17) is 15.8 Å². The Labute approximate surface area is 170 Å². The number of nitrogens with one attached hydrogen (secondary N) is 1. The monoisotopic (exact) mass is 396 g/mol. The SMILES string of the molecule is CC(C)CNc1ncc2c(-c3ccc(F)cc3)nn(C[C@H]3CC[C@H](N)CC3)c2n1. The van der Waals surface area contributed by atoms with Crippen LogP contribution in [0.3, 0.4) is 0 Å². The van der Waals surface area contributed by atoms with E-state index in [-0.39, 0.29) is 5.82 Å². The van der Waals surface area contributed by atoms with Crippen molar-refractivity contribution in [2.75, 3.05) is 11.9 Å². The lowest BCUT2D eigenvalue weighted by Gasteiger charge is -2.25. The molecule has 1 aliphatic rings. The van der Waals surface area contributed by atoms with Crippen molar-refractivity contribution in [3.63, 3.8) is 0 Å². The van der Waals surface area contributed by atoms with Crippen LogP contribution in [-0.4, -0.2) is 32.3 Å². The molecule has 3 aromatic rings. The Balaban J connectivity index is 1.70. The van der Waals surface area contributed by atoms with Gasteiger partial charge in [-0.15, -0.1) is 0 Å². The zero-order chi connectivity index (χ0) is 20.4. The van der Waals surface area contributed by atoms with Gasteiger partial charge in [0, 0.05) is 30.9 Å². The summed E-state index contributed by atoms with van der Waals surface area (Å²) >= 11 is 0. The predicted octanol–water partition coefficient (Wildman–Crippen LogP) is 4.22. The van der Waals surface area contributed by atoms with E-state index in [0.717, 1.165) is 61.1 Å². The molecule has 0 saturated heterocycles. The maximum Gasteiger partial charge on any atom is 0.224 e. The van der Waals surface area contributed by atoms with Gasteiger partial charge in [-0.2, -0.15) is 10.1 Å². The van der Waals surface area contributed by atoms with Crippen LogP contribution in [0.25, 0.3) is 22.3 Å². The molecule has 1 aliphatic carbocycles. The van der Waals surface area contributed by atoms with Crippen molar-refractivity contribution < 1.29 is 4.39 Å². The topological polar surface area (TPSA) is 81.7 Å². The number of nitrogens with two attached hydrogens (primary N) is 1. The van der Waals surface area contributed by atoms with Gasteiger partial charge in [0.2, 0.25) is 5.95 Å². The van der Waals surface area contributed by atoms with E-state index in [1.165, 1.54) is 12.1 Å². The third-order valence-corrected chi connectivity index (χ3v) is 5.60. The highest BCUT2D eigenvalue weighted by Crippen LogP contribution is 2.30. The maximum atomic E-state index is 13.4. The molecule has 29 heavy (non-hydrogen) atoms. The molecule has 0 aliphatic heterocycles. The lowest BCUT2D eigenvalue weighted by Crippen LogP contribution is -2.28. The van der Waals surface area contributed by atoms with Crippen LogP contribution in [0.15, 0.2) is 30.5 Å². The molecule has 3 N–H and O–H groups in total. The Bertz CT molecular complexity index is 957. The lowest BCUT2D eigenvalue weighted by molar-refractivity contribution is 0.288. The average molecular weight is 397 g/mol. The maximum absolute atomic E-state index is 13.4. The number of hydrogen-bond acceptors (Lipinski definition) is 5. The zero-order valence-corrected chi connectivity index (χ0v) is 17.1. The molecule has 7 heteroatoms. The lowest BCUT2D eigenvalue weighted by atomic mass is 9.86. The molecule has 0 atom stereocenters. The number of rotatable bonds is 6. The molecule has 6 nitrogen and oxygen atoms in total. The number of hydrogen-bond donors (Lipinski definition) is 2. The second-order valence-corrected chi connectivity index (χ2v) is 8.52. The van der Waals surface area contributed by atoms with Crippen molar-refractivity contribution in [1.29, 1.82) is 0 Å². The minimum atomic E-state index is -0.257. The third-order valence-electron chi connectivity index (χ3n) is 5.60. The Morgan fingerprint density at radius 3 is 2.59 bits per heavy atom. The fourth-order valence-electron chi connectivity index (χ4n) is 3.90. The third kappa shape index (κ3) is 4.56. The number of anilines is 1. The molecule has 1 saturated carbocycles. The van der Waals surface area contributed by atoms with Crippen molar-refractivity contribution in [2.45, 2.75) is 52.1 Å². The van der Waals surface area contributed by atoms with E-state index in [0.29, 0.717) is 23.8 Å². The second kappa shape index (κ2) is 8.45. The molecule has 0 unspecified atom stereocenters. The van der Waals surface area contributed by atoms with Crippen LogP contribution in [-0.2, 0) is 6.54 Å². The summed E-state index contributed by atoms with van der Waals surface area (Å²) in [5.74, 6) is 1.40. The molecular weight excluding hydrogens is 367 g/mol. The summed E-state index contributed by atoms with van der Waals surface area (Å²) in [7, 11) is 0. The van der Waals surface area contributed by atoms with Crippen molar-refractivity contribution in [2.24, 2.45) is 17.6 Å². The standard InChI is InChI=1S/C22H29FN6/c1-14(2)11-25-22-26-12-19-20(16-5-7-17(23)8-6-16)28-29(21(19)27-22)13-15-3-9-18(24)10-4-15/h5-8,12,14-15,18H,3-4,9-11,13,24H2,1-2H3,(H,25,26,27)/t15-,18-. The second-order valence-electron chi connectivity index (χ2n) is 8.52. The number of aromatic nitrogens is 4. The summed E-state index contributed by atoms with van der Waals surface area (Å²) < 4.78 is 15.4. The molecular formula is C22H29FN6. The minimum absolute atomic E-state index is 0.257. The molecule has 4 rings (SSSR count). The first-order valence-corrected chi connectivity index (χ1v) is 10.5. The van der Waals surface area contributed by atoms with Gasteiger partial charge in [0.1, 0.15) is 11.5 Å². The van der Waals surface area contributed by atoms with Crippen molar-refractivity contribution in [3.05, 3.63) is 36.3 Å². The van der Waals surface area contributed by atoms with Crippen LogP contribution in [0.5, 0.6) is 0 Å². The fraction of sp³-hybridized carbons (Fsp3) is 0.500. The Morgan fingerprint density at radius 1 is 1.17 bits per heavy atom. The quantitative estimate of drug-likeness (QED) is 0.652. The van der Waals surface area contributed by atoms with Crippen molar-refractivity contribution >= 4 is 17.0 Å². The predicted molar refractivity (Wildman–Crippen MR) is 114 cm³/mol. The molecule has 0 amide bonds. The van der Waals surface area contributed by atoms with Gasteiger partial charge in [0.25, 0.3) is 0 Å². The van der Waals surface area contributed by atoms with Gasteiger partial charge in [-0.05, 0) is 61.8 Å². The largest absolute Gasteiger partial charge is 0.354 e. The van der Waals surface area contributed by atoms with E-state index in [1.807, 2.05) is 10.9 Å². The van der Waals surface area contributed by atoms with Crippen LogP contribution >= 0.6 is 0 Å². The zero-order valence-electron chi connectivity index (χ0n) is 17.1. The van der Waals surface area contributed by atoms with Crippen LogP contribution in [0, 0.1) is 17.7 Å². The van der Waals surface area contributed by atoms with Gasteiger partial charge in [0.05, 0.1) is 5.39 Å². The highest BCUT2D eigenvalue weighted by molar-refractivity contribution is 5.91. The summed E-state index contributed by atoms with van der Waals surface area (Å²) in [5, 5.41) is 9.06. The van der Waals surface area contributed by atoms with Crippen LogP contribution in [0.1, 0.15) is 39.5 Å². The molecule has 0 bridgehead atoms. The summed E-state index contributed by atoms with van der Waals surface area (Å²) in [4.78, 5) is 9.26. The first kappa shape index (κ1) is 19.8. The molecule has 154 valence electrons. The minimum Gasteiger partial charge on any atom is -0.354 e. The molecule has 1 aromatic carbocycles. The molecule has 2 heterocycles. The van der Waals surface area contributed by atoms with Crippen LogP contribution in [0.4, 0.5) is 10.3 Å².